The van der Waals surface area contributed by atoms with Crippen molar-refractivity contribution in [2.75, 3.05) is 20.2 Å². The third-order valence-electron chi connectivity index (χ3n) is 3.48. The number of nitrogens with zero attached hydrogens (tertiary/aromatic N) is 3. The van der Waals surface area contributed by atoms with E-state index in [1.165, 1.54) is 13.1 Å². The van der Waals surface area contributed by atoms with Gasteiger partial charge in [0.25, 0.3) is 11.5 Å². The molecule has 0 spiro atoms. The summed E-state index contributed by atoms with van der Waals surface area (Å²) in [4.78, 5) is 24.9. The molecular formula is C17H18F3N3O3. The Kier molecular flexibility index (Phi) is 6.37. The van der Waals surface area contributed by atoms with Gasteiger partial charge in [0.2, 0.25) is 0 Å². The van der Waals surface area contributed by atoms with Crippen molar-refractivity contribution < 1.29 is 22.7 Å². The van der Waals surface area contributed by atoms with Crippen molar-refractivity contribution in [3.8, 4) is 5.75 Å². The van der Waals surface area contributed by atoms with E-state index in [1.54, 1.807) is 24.3 Å². The summed E-state index contributed by atoms with van der Waals surface area (Å²) in [5, 5.41) is 3.92. The van der Waals surface area contributed by atoms with Crippen molar-refractivity contribution in [2.24, 2.45) is 0 Å². The van der Waals surface area contributed by atoms with Gasteiger partial charge in [-0.1, -0.05) is 18.2 Å². The maximum atomic E-state index is 12.3. The number of benzene rings is 1. The van der Waals surface area contributed by atoms with Crippen molar-refractivity contribution in [3.05, 3.63) is 58.5 Å². The van der Waals surface area contributed by atoms with Crippen LogP contribution in [-0.4, -0.2) is 47.0 Å². The van der Waals surface area contributed by atoms with Gasteiger partial charge in [-0.2, -0.15) is 18.3 Å². The summed E-state index contributed by atoms with van der Waals surface area (Å²) in [6.07, 6.45) is -5.46. The van der Waals surface area contributed by atoms with E-state index in [0.29, 0.717) is 5.75 Å². The van der Waals surface area contributed by atoms with Crippen LogP contribution in [-0.2, 0) is 6.54 Å². The highest BCUT2D eigenvalue weighted by Gasteiger charge is 2.28. The zero-order chi connectivity index (χ0) is 19.2. The van der Waals surface area contributed by atoms with E-state index in [-0.39, 0.29) is 18.8 Å². The fourth-order valence-corrected chi connectivity index (χ4v) is 2.08. The van der Waals surface area contributed by atoms with Gasteiger partial charge in [-0.3, -0.25) is 9.59 Å². The normalized spacial score (nSPS) is 11.2. The molecule has 1 heterocycles. The molecule has 26 heavy (non-hydrogen) atoms. The van der Waals surface area contributed by atoms with Gasteiger partial charge in [0.05, 0.1) is 13.0 Å². The highest BCUT2D eigenvalue weighted by atomic mass is 19.4. The number of carbonyl (C=O) groups is 1. The van der Waals surface area contributed by atoms with Crippen LogP contribution in [0.2, 0.25) is 0 Å². The van der Waals surface area contributed by atoms with Gasteiger partial charge in [-0.15, -0.1) is 0 Å². The second-order valence-corrected chi connectivity index (χ2v) is 5.53. The maximum absolute atomic E-state index is 12.3. The molecule has 6 nitrogen and oxygen atoms in total. The smallest absolute Gasteiger partial charge is 0.390 e. The molecule has 1 aromatic carbocycles. The summed E-state index contributed by atoms with van der Waals surface area (Å²) in [6.45, 7) is -0.236. The summed E-state index contributed by atoms with van der Waals surface area (Å²) < 4.78 is 43.3. The molecule has 0 atom stereocenters. The minimum atomic E-state index is -4.35. The molecule has 140 valence electrons. The van der Waals surface area contributed by atoms with Gasteiger partial charge in [0.15, 0.2) is 0 Å². The Balaban J connectivity index is 1.99. The summed E-state index contributed by atoms with van der Waals surface area (Å²) in [5.41, 5.74) is -0.537. The van der Waals surface area contributed by atoms with Crippen molar-refractivity contribution in [1.82, 2.24) is 14.7 Å². The summed E-state index contributed by atoms with van der Waals surface area (Å²) in [7, 11) is 1.25. The van der Waals surface area contributed by atoms with Crippen molar-refractivity contribution in [1.29, 1.82) is 0 Å². The minimum absolute atomic E-state index is 0.0983. The Morgan fingerprint density at radius 3 is 2.54 bits per heavy atom. The first-order valence-electron chi connectivity index (χ1n) is 7.84. The molecule has 1 aromatic heterocycles. The molecule has 0 aliphatic carbocycles. The number of para-hydroxylation sites is 1. The van der Waals surface area contributed by atoms with Gasteiger partial charge in [0.1, 0.15) is 18.1 Å². The third kappa shape index (κ3) is 5.91. The van der Waals surface area contributed by atoms with Gasteiger partial charge in [-0.25, -0.2) is 4.68 Å². The predicted molar refractivity (Wildman–Crippen MR) is 88.1 cm³/mol. The molecule has 0 radical (unpaired) electrons. The highest BCUT2D eigenvalue weighted by Crippen LogP contribution is 2.19. The quantitative estimate of drug-likeness (QED) is 0.752. The molecule has 0 aliphatic heterocycles. The van der Waals surface area contributed by atoms with Crippen LogP contribution in [0.25, 0.3) is 0 Å². The Morgan fingerprint density at radius 2 is 1.88 bits per heavy atom. The SMILES string of the molecule is CN(CCC(F)(F)F)C(=O)c1ccc(=O)n(CCOc2ccccc2)n1. The lowest BCUT2D eigenvalue weighted by Crippen LogP contribution is -2.34. The molecular weight excluding hydrogens is 351 g/mol. The molecule has 0 unspecified atom stereocenters. The van der Waals surface area contributed by atoms with E-state index in [9.17, 15) is 22.8 Å². The second kappa shape index (κ2) is 8.50. The largest absolute Gasteiger partial charge is 0.492 e. The number of hydrogen-bond acceptors (Lipinski definition) is 4. The topological polar surface area (TPSA) is 64.4 Å². The number of alkyl halides is 3. The molecule has 0 fully saturated rings. The third-order valence-corrected chi connectivity index (χ3v) is 3.48. The van der Waals surface area contributed by atoms with E-state index in [4.69, 9.17) is 4.74 Å². The van der Waals surface area contributed by atoms with Crippen molar-refractivity contribution in [3.63, 3.8) is 0 Å². The first-order chi connectivity index (χ1) is 12.3. The number of aromatic nitrogens is 2. The molecule has 2 rings (SSSR count). The second-order valence-electron chi connectivity index (χ2n) is 5.53. The van der Waals surface area contributed by atoms with Crippen LogP contribution in [0.5, 0.6) is 5.75 Å². The maximum Gasteiger partial charge on any atom is 0.390 e. The van der Waals surface area contributed by atoms with Crippen molar-refractivity contribution >= 4 is 5.91 Å². The Morgan fingerprint density at radius 1 is 1.19 bits per heavy atom. The van der Waals surface area contributed by atoms with Gasteiger partial charge in [-0.05, 0) is 18.2 Å². The fourth-order valence-electron chi connectivity index (χ4n) is 2.08. The van der Waals surface area contributed by atoms with Gasteiger partial charge >= 0.3 is 6.18 Å². The fraction of sp³-hybridized carbons (Fsp3) is 0.353. The van der Waals surface area contributed by atoms with E-state index >= 15 is 0 Å². The van der Waals surface area contributed by atoms with E-state index in [2.05, 4.69) is 5.10 Å². The molecule has 0 N–H and O–H groups in total. The average molecular weight is 369 g/mol. The summed E-state index contributed by atoms with van der Waals surface area (Å²) in [6, 6.07) is 11.3. The van der Waals surface area contributed by atoms with Crippen LogP contribution in [0.3, 0.4) is 0 Å². The van der Waals surface area contributed by atoms with Gasteiger partial charge < -0.3 is 9.64 Å². The van der Waals surface area contributed by atoms with Crippen molar-refractivity contribution in [2.45, 2.75) is 19.1 Å². The van der Waals surface area contributed by atoms with Gasteiger partial charge in [0, 0.05) is 19.7 Å². The number of halogens is 3. The van der Waals surface area contributed by atoms with E-state index < -0.39 is 30.6 Å². The Labute approximate surface area is 147 Å². The van der Waals surface area contributed by atoms with E-state index in [0.717, 1.165) is 15.6 Å². The molecule has 0 aliphatic rings. The van der Waals surface area contributed by atoms with Crippen LogP contribution in [0.4, 0.5) is 13.2 Å². The molecule has 9 heteroatoms. The number of amides is 1. The molecule has 0 saturated carbocycles. The molecule has 0 saturated heterocycles. The standard InChI is InChI=1S/C17H18F3N3O3/c1-22(10-9-17(18,19)20)16(25)14-7-8-15(24)23(21-14)11-12-26-13-5-3-2-4-6-13/h2-8H,9-12H2,1H3. The zero-order valence-corrected chi connectivity index (χ0v) is 14.1. The molecule has 2 aromatic rings. The summed E-state index contributed by atoms with van der Waals surface area (Å²) >= 11 is 0. The Hall–Kier alpha value is -2.84. The van der Waals surface area contributed by atoms with Crippen LogP contribution in [0.15, 0.2) is 47.3 Å². The monoisotopic (exact) mass is 369 g/mol. The Bertz CT molecular complexity index is 791. The number of rotatable bonds is 7. The van der Waals surface area contributed by atoms with Crippen LogP contribution < -0.4 is 10.3 Å². The lowest BCUT2D eigenvalue weighted by atomic mass is 10.3. The van der Waals surface area contributed by atoms with Crippen LogP contribution >= 0.6 is 0 Å². The van der Waals surface area contributed by atoms with E-state index in [1.807, 2.05) is 6.07 Å². The molecule has 0 bridgehead atoms. The minimum Gasteiger partial charge on any atom is -0.492 e. The number of carbonyl (C=O) groups excluding carboxylic acids is 1. The molecule has 1 amide bonds. The van der Waals surface area contributed by atoms with Crippen LogP contribution in [0, 0.1) is 0 Å². The lowest BCUT2D eigenvalue weighted by Gasteiger charge is -2.18. The lowest BCUT2D eigenvalue weighted by molar-refractivity contribution is -0.136. The zero-order valence-electron chi connectivity index (χ0n) is 14.1. The highest BCUT2D eigenvalue weighted by molar-refractivity contribution is 5.91. The predicted octanol–water partition coefficient (Wildman–Crippen LogP) is 2.35. The number of ether oxygens (including phenoxy) is 1. The number of hydrogen-bond donors (Lipinski definition) is 0. The van der Waals surface area contributed by atoms with Crippen LogP contribution in [0.1, 0.15) is 16.9 Å². The summed E-state index contributed by atoms with van der Waals surface area (Å²) in [5.74, 6) is -0.0633. The average Bonchev–Trinajstić information content (AvgIpc) is 2.61. The first kappa shape index (κ1) is 19.5. The first-order valence-corrected chi connectivity index (χ1v) is 7.84.